The van der Waals surface area contributed by atoms with Crippen molar-refractivity contribution in [3.05, 3.63) is 32.7 Å². The Bertz CT molecular complexity index is 379. The van der Waals surface area contributed by atoms with Gasteiger partial charge < -0.3 is 0 Å². The van der Waals surface area contributed by atoms with Crippen molar-refractivity contribution in [2.24, 2.45) is 0 Å². The quantitative estimate of drug-likeness (QED) is 0.858. The molecular formula is C9H10BrNOS2. The molecule has 0 saturated heterocycles. The number of halogens is 1. The molecule has 0 saturated carbocycles. The molecule has 1 heterocycles. The second-order valence-corrected chi connectivity index (χ2v) is 5.83. The molecule has 2 nitrogen and oxygen atoms in total. The molecule has 0 fully saturated rings. The van der Waals surface area contributed by atoms with Gasteiger partial charge in [0.15, 0.2) is 0 Å². The molecule has 1 aromatic heterocycles. The summed E-state index contributed by atoms with van der Waals surface area (Å²) in [5.41, 5.74) is 1.000. The molecule has 1 atom stereocenters. The molecule has 0 aliphatic heterocycles. The lowest BCUT2D eigenvalue weighted by Gasteiger charge is -2.01. The standard InChI is InChI=1S/C9H10BrNOS2/c1-13-9(14(2)12)5-7-3-4-11-6-8(7)10/h3-6H,1-2H3/b9-5-. The van der Waals surface area contributed by atoms with Crippen LogP contribution in [0.15, 0.2) is 27.2 Å². The van der Waals surface area contributed by atoms with Crippen LogP contribution < -0.4 is 0 Å². The van der Waals surface area contributed by atoms with E-state index in [-0.39, 0.29) is 0 Å². The van der Waals surface area contributed by atoms with Crippen molar-refractivity contribution < 1.29 is 4.21 Å². The van der Waals surface area contributed by atoms with E-state index >= 15 is 0 Å². The Labute approximate surface area is 98.8 Å². The Balaban J connectivity index is 3.07. The van der Waals surface area contributed by atoms with Crippen molar-refractivity contribution in [1.82, 2.24) is 4.98 Å². The highest BCUT2D eigenvalue weighted by atomic mass is 79.9. The lowest BCUT2D eigenvalue weighted by Crippen LogP contribution is -1.87. The van der Waals surface area contributed by atoms with Gasteiger partial charge in [0, 0.05) is 23.1 Å². The molecule has 76 valence electrons. The van der Waals surface area contributed by atoms with Crippen LogP contribution in [0.5, 0.6) is 0 Å². The van der Waals surface area contributed by atoms with E-state index in [0.717, 1.165) is 14.3 Å². The van der Waals surface area contributed by atoms with E-state index in [1.165, 1.54) is 11.8 Å². The second kappa shape index (κ2) is 5.68. The van der Waals surface area contributed by atoms with Gasteiger partial charge in [0.25, 0.3) is 0 Å². The molecular weight excluding hydrogens is 282 g/mol. The first-order valence-corrected chi connectivity index (χ1v) is 7.41. The minimum atomic E-state index is -0.929. The third-order valence-electron chi connectivity index (χ3n) is 1.56. The average Bonchev–Trinajstić information content (AvgIpc) is 2.16. The number of rotatable bonds is 3. The summed E-state index contributed by atoms with van der Waals surface area (Å²) in [4.78, 5) is 3.96. The SMILES string of the molecule is CS/C(=C/c1ccncc1Br)S(C)=O. The van der Waals surface area contributed by atoms with Crippen molar-refractivity contribution >= 4 is 44.6 Å². The van der Waals surface area contributed by atoms with Gasteiger partial charge in [0.1, 0.15) is 0 Å². The molecule has 0 radical (unpaired) electrons. The summed E-state index contributed by atoms with van der Waals surface area (Å²) < 4.78 is 13.1. The number of hydrogen-bond donors (Lipinski definition) is 0. The maximum atomic E-state index is 11.3. The van der Waals surface area contributed by atoms with Crippen LogP contribution in [0.25, 0.3) is 6.08 Å². The first-order chi connectivity index (χ1) is 6.65. The van der Waals surface area contributed by atoms with E-state index in [0.29, 0.717) is 0 Å². The van der Waals surface area contributed by atoms with Crippen LogP contribution in [0, 0.1) is 0 Å². The van der Waals surface area contributed by atoms with Gasteiger partial charge in [-0.1, -0.05) is 0 Å². The van der Waals surface area contributed by atoms with Crippen LogP contribution in [-0.2, 0) is 10.8 Å². The van der Waals surface area contributed by atoms with Gasteiger partial charge in [0.2, 0.25) is 0 Å². The Hall–Kier alpha value is -0.130. The zero-order valence-electron chi connectivity index (χ0n) is 7.86. The van der Waals surface area contributed by atoms with Gasteiger partial charge in [-0.15, -0.1) is 11.8 Å². The molecule has 0 aliphatic rings. The van der Waals surface area contributed by atoms with Crippen LogP contribution in [0.2, 0.25) is 0 Å². The van der Waals surface area contributed by atoms with Crippen LogP contribution in [0.3, 0.4) is 0 Å². The summed E-state index contributed by atoms with van der Waals surface area (Å²) in [5.74, 6) is 0. The van der Waals surface area contributed by atoms with Crippen molar-refractivity contribution in [3.63, 3.8) is 0 Å². The smallest absolute Gasteiger partial charge is 0.0716 e. The summed E-state index contributed by atoms with van der Waals surface area (Å²) in [7, 11) is -0.929. The third-order valence-corrected chi connectivity index (χ3v) is 4.63. The Morgan fingerprint density at radius 2 is 2.43 bits per heavy atom. The van der Waals surface area contributed by atoms with Crippen LogP contribution in [0.1, 0.15) is 5.56 Å². The minimum absolute atomic E-state index is 0.858. The molecule has 0 amide bonds. The lowest BCUT2D eigenvalue weighted by atomic mass is 10.3. The van der Waals surface area contributed by atoms with Gasteiger partial charge in [-0.2, -0.15) is 0 Å². The maximum absolute atomic E-state index is 11.3. The van der Waals surface area contributed by atoms with Gasteiger partial charge >= 0.3 is 0 Å². The maximum Gasteiger partial charge on any atom is 0.0716 e. The number of aromatic nitrogens is 1. The number of nitrogens with zero attached hydrogens (tertiary/aromatic N) is 1. The third kappa shape index (κ3) is 3.22. The van der Waals surface area contributed by atoms with E-state index in [1.54, 1.807) is 18.6 Å². The van der Waals surface area contributed by atoms with Gasteiger partial charge in [-0.05, 0) is 39.9 Å². The van der Waals surface area contributed by atoms with Gasteiger partial charge in [0.05, 0.1) is 15.0 Å². The lowest BCUT2D eigenvalue weighted by molar-refractivity contribution is 0.691. The first-order valence-electron chi connectivity index (χ1n) is 3.83. The normalized spacial score (nSPS) is 14.1. The summed E-state index contributed by atoms with van der Waals surface area (Å²) in [5, 5.41) is 0. The molecule has 0 aromatic carbocycles. The van der Waals surface area contributed by atoms with Crippen molar-refractivity contribution in [3.8, 4) is 0 Å². The van der Waals surface area contributed by atoms with E-state index in [9.17, 15) is 4.21 Å². The molecule has 0 spiro atoms. The summed E-state index contributed by atoms with van der Waals surface area (Å²) >= 11 is 4.89. The fraction of sp³-hybridized carbons (Fsp3) is 0.222. The monoisotopic (exact) mass is 291 g/mol. The van der Waals surface area contributed by atoms with Crippen LogP contribution in [-0.4, -0.2) is 21.7 Å². The predicted octanol–water partition coefficient (Wildman–Crippen LogP) is 2.88. The summed E-state index contributed by atoms with van der Waals surface area (Å²) in [6, 6.07) is 1.88. The highest BCUT2D eigenvalue weighted by Crippen LogP contribution is 2.23. The van der Waals surface area contributed by atoms with Crippen molar-refractivity contribution in [2.75, 3.05) is 12.5 Å². The van der Waals surface area contributed by atoms with E-state index < -0.39 is 10.8 Å². The van der Waals surface area contributed by atoms with E-state index in [2.05, 4.69) is 20.9 Å². The first kappa shape index (κ1) is 11.9. The van der Waals surface area contributed by atoms with Gasteiger partial charge in [-0.25, -0.2) is 0 Å². The molecule has 14 heavy (non-hydrogen) atoms. The molecule has 1 unspecified atom stereocenters. The molecule has 1 rings (SSSR count). The number of thioether (sulfide) groups is 1. The number of pyridine rings is 1. The van der Waals surface area contributed by atoms with Crippen molar-refractivity contribution in [2.45, 2.75) is 0 Å². The molecule has 5 heteroatoms. The molecule has 0 N–H and O–H groups in total. The highest BCUT2D eigenvalue weighted by molar-refractivity contribution is 9.10. The fourth-order valence-electron chi connectivity index (χ4n) is 0.889. The highest BCUT2D eigenvalue weighted by Gasteiger charge is 2.02. The van der Waals surface area contributed by atoms with E-state index in [4.69, 9.17) is 0 Å². The van der Waals surface area contributed by atoms with Crippen LogP contribution >= 0.6 is 27.7 Å². The Morgan fingerprint density at radius 3 is 2.93 bits per heavy atom. The second-order valence-electron chi connectivity index (χ2n) is 2.52. The Kier molecular flexibility index (Phi) is 4.84. The Morgan fingerprint density at radius 1 is 1.71 bits per heavy atom. The van der Waals surface area contributed by atoms with Crippen LogP contribution in [0.4, 0.5) is 0 Å². The fourth-order valence-corrected chi connectivity index (χ4v) is 2.73. The van der Waals surface area contributed by atoms with Crippen molar-refractivity contribution in [1.29, 1.82) is 0 Å². The predicted molar refractivity (Wildman–Crippen MR) is 67.5 cm³/mol. The molecule has 0 aliphatic carbocycles. The number of hydrogen-bond acceptors (Lipinski definition) is 3. The summed E-state index contributed by atoms with van der Waals surface area (Å²) in [6.07, 6.45) is 8.95. The molecule has 1 aromatic rings. The molecule has 0 bridgehead atoms. The van der Waals surface area contributed by atoms with Gasteiger partial charge in [-0.3, -0.25) is 9.19 Å². The largest absolute Gasteiger partial charge is 0.264 e. The average molecular weight is 292 g/mol. The summed E-state index contributed by atoms with van der Waals surface area (Å²) in [6.45, 7) is 0. The zero-order chi connectivity index (χ0) is 10.6. The minimum Gasteiger partial charge on any atom is -0.264 e. The zero-order valence-corrected chi connectivity index (χ0v) is 11.1. The van der Waals surface area contributed by atoms with E-state index in [1.807, 2.05) is 18.4 Å². The topological polar surface area (TPSA) is 30.0 Å².